The van der Waals surface area contributed by atoms with Crippen molar-refractivity contribution in [3.8, 4) is 5.75 Å². The fraction of sp³-hybridized carbons (Fsp3) is 0.100. The van der Waals surface area contributed by atoms with Gasteiger partial charge in [0.1, 0.15) is 5.75 Å². The molecule has 0 spiro atoms. The fourth-order valence-corrected chi connectivity index (χ4v) is 1.92. The molecule has 2 heteroatoms. The van der Waals surface area contributed by atoms with Gasteiger partial charge in [0.2, 0.25) is 0 Å². The molecule has 0 aliphatic heterocycles. The lowest BCUT2D eigenvalue weighted by atomic mass is 10.1. The van der Waals surface area contributed by atoms with Gasteiger partial charge >= 0.3 is 0 Å². The van der Waals surface area contributed by atoms with E-state index in [2.05, 4.69) is 23.5 Å². The average molecular weight is 291 g/mol. The van der Waals surface area contributed by atoms with E-state index in [-0.39, 0.29) is 0 Å². The first-order chi connectivity index (χ1) is 10.9. The molecular weight excluding hydrogens is 270 g/mol. The molecule has 3 aromatic rings. The smallest absolute Gasteiger partial charge is 0.127 e. The van der Waals surface area contributed by atoms with E-state index in [0.717, 1.165) is 12.3 Å². The molecule has 0 unspecified atom stereocenters. The Kier molecular flexibility index (Phi) is 6.73. The van der Waals surface area contributed by atoms with Crippen LogP contribution in [-0.2, 0) is 0 Å². The van der Waals surface area contributed by atoms with Gasteiger partial charge in [-0.15, -0.1) is 0 Å². The predicted molar refractivity (Wildman–Crippen MR) is 94.1 cm³/mol. The first kappa shape index (κ1) is 15.8. The average Bonchev–Trinajstić information content (AvgIpc) is 2.61. The first-order valence-electron chi connectivity index (χ1n) is 7.35. The molecule has 3 aromatic carbocycles. The van der Waals surface area contributed by atoms with Gasteiger partial charge in [-0.05, 0) is 36.0 Å². The van der Waals surface area contributed by atoms with Crippen LogP contribution in [0.3, 0.4) is 0 Å². The fourth-order valence-electron chi connectivity index (χ4n) is 1.92. The Labute approximate surface area is 132 Å². The highest BCUT2D eigenvalue weighted by atomic mass is 16.5. The second-order valence-corrected chi connectivity index (χ2v) is 4.71. The Bertz CT molecular complexity index is 665. The summed E-state index contributed by atoms with van der Waals surface area (Å²) in [6.07, 6.45) is 3.65. The molecule has 0 atom stereocenters. The van der Waals surface area contributed by atoms with Crippen molar-refractivity contribution in [1.82, 2.24) is 5.32 Å². The molecular formula is C20H21NO. The van der Waals surface area contributed by atoms with E-state index in [1.165, 1.54) is 10.8 Å². The topological polar surface area (TPSA) is 21.3 Å². The molecule has 3 rings (SSSR count). The summed E-state index contributed by atoms with van der Waals surface area (Å²) in [5, 5.41) is 5.44. The van der Waals surface area contributed by atoms with Crippen molar-refractivity contribution >= 4 is 10.8 Å². The number of hydrogen-bond acceptors (Lipinski definition) is 2. The van der Waals surface area contributed by atoms with Gasteiger partial charge in [-0.2, -0.15) is 0 Å². The number of ether oxygens (including phenoxy) is 1. The summed E-state index contributed by atoms with van der Waals surface area (Å²) in [6, 6.07) is 26.3. The van der Waals surface area contributed by atoms with Crippen LogP contribution in [0.25, 0.3) is 10.8 Å². The van der Waals surface area contributed by atoms with Crippen molar-refractivity contribution in [3.05, 3.63) is 91.2 Å². The highest BCUT2D eigenvalue weighted by Crippen LogP contribution is 2.20. The summed E-state index contributed by atoms with van der Waals surface area (Å²) in [7, 11) is 1.90. The largest absolute Gasteiger partial charge is 0.465 e. The highest BCUT2D eigenvalue weighted by Gasteiger charge is 1.94. The van der Waals surface area contributed by atoms with Gasteiger partial charge < -0.3 is 10.1 Å². The van der Waals surface area contributed by atoms with Crippen LogP contribution in [0.5, 0.6) is 5.75 Å². The Hall–Kier alpha value is -2.58. The van der Waals surface area contributed by atoms with Crippen LogP contribution in [-0.4, -0.2) is 13.6 Å². The molecule has 0 amide bonds. The van der Waals surface area contributed by atoms with Crippen LogP contribution < -0.4 is 10.1 Å². The summed E-state index contributed by atoms with van der Waals surface area (Å²) in [6.45, 7) is 0.813. The summed E-state index contributed by atoms with van der Waals surface area (Å²) in [5.74, 6) is 0.867. The van der Waals surface area contributed by atoms with Gasteiger partial charge in [0.05, 0.1) is 6.26 Å². The van der Waals surface area contributed by atoms with Crippen LogP contribution in [0, 0.1) is 0 Å². The molecule has 112 valence electrons. The maximum Gasteiger partial charge on any atom is 0.127 e. The van der Waals surface area contributed by atoms with Gasteiger partial charge in [0.15, 0.2) is 0 Å². The minimum atomic E-state index is 0.813. The van der Waals surface area contributed by atoms with E-state index in [1.54, 1.807) is 6.26 Å². The standard InChI is InChI=1S/C14H15NO.C6H6/c1-15-9-4-10-16-14-8-7-12-5-2-3-6-13(12)11-14;1-2-4-6-5-3-1/h2-8,10-11,15H,9H2,1H3;1-6H. The van der Waals surface area contributed by atoms with Crippen molar-refractivity contribution in [1.29, 1.82) is 0 Å². The number of likely N-dealkylation sites (N-methyl/N-ethyl adjacent to an activating group) is 1. The van der Waals surface area contributed by atoms with Gasteiger partial charge in [-0.1, -0.05) is 66.7 Å². The highest BCUT2D eigenvalue weighted by molar-refractivity contribution is 5.83. The number of fused-ring (bicyclic) bond motifs is 1. The monoisotopic (exact) mass is 291 g/mol. The first-order valence-corrected chi connectivity index (χ1v) is 7.35. The molecule has 0 heterocycles. The van der Waals surface area contributed by atoms with E-state index < -0.39 is 0 Å². The summed E-state index contributed by atoms with van der Waals surface area (Å²) in [4.78, 5) is 0. The lowest BCUT2D eigenvalue weighted by molar-refractivity contribution is 0.479. The Balaban J connectivity index is 0.000000246. The number of rotatable bonds is 4. The van der Waals surface area contributed by atoms with Crippen LogP contribution >= 0.6 is 0 Å². The summed E-state index contributed by atoms with van der Waals surface area (Å²) in [5.41, 5.74) is 0. The number of hydrogen-bond donors (Lipinski definition) is 1. The zero-order valence-electron chi connectivity index (χ0n) is 12.8. The van der Waals surface area contributed by atoms with Crippen molar-refractivity contribution in [3.63, 3.8) is 0 Å². The maximum absolute atomic E-state index is 5.50. The second kappa shape index (κ2) is 9.37. The third-order valence-electron chi connectivity index (χ3n) is 3.01. The van der Waals surface area contributed by atoms with Crippen molar-refractivity contribution in [2.24, 2.45) is 0 Å². The molecule has 0 fully saturated rings. The maximum atomic E-state index is 5.50. The Morgan fingerprint density at radius 1 is 0.818 bits per heavy atom. The Morgan fingerprint density at radius 3 is 2.09 bits per heavy atom. The van der Waals surface area contributed by atoms with Gasteiger partial charge in [-0.25, -0.2) is 0 Å². The SMILES string of the molecule is CNCC=COc1ccc2ccccc2c1.c1ccccc1. The minimum absolute atomic E-state index is 0.813. The van der Waals surface area contributed by atoms with Gasteiger partial charge in [-0.3, -0.25) is 0 Å². The molecule has 0 saturated carbocycles. The van der Waals surface area contributed by atoms with E-state index in [4.69, 9.17) is 4.74 Å². The predicted octanol–water partition coefficient (Wildman–Crippen LogP) is 4.64. The molecule has 0 aliphatic carbocycles. The molecule has 2 nitrogen and oxygen atoms in total. The molecule has 0 radical (unpaired) electrons. The number of nitrogens with one attached hydrogen (secondary N) is 1. The van der Waals surface area contributed by atoms with Crippen LogP contribution in [0.4, 0.5) is 0 Å². The normalized spacial score (nSPS) is 10.2. The third kappa shape index (κ3) is 5.43. The molecule has 1 N–H and O–H groups in total. The van der Waals surface area contributed by atoms with E-state index in [0.29, 0.717) is 0 Å². The molecule has 0 aliphatic rings. The number of benzene rings is 3. The lowest BCUT2D eigenvalue weighted by Crippen LogP contribution is -2.04. The van der Waals surface area contributed by atoms with E-state index >= 15 is 0 Å². The zero-order chi connectivity index (χ0) is 15.5. The summed E-state index contributed by atoms with van der Waals surface area (Å²) >= 11 is 0. The molecule has 0 aromatic heterocycles. The van der Waals surface area contributed by atoms with Gasteiger partial charge in [0, 0.05) is 6.54 Å². The molecule has 22 heavy (non-hydrogen) atoms. The van der Waals surface area contributed by atoms with Crippen molar-refractivity contribution < 1.29 is 4.74 Å². The minimum Gasteiger partial charge on any atom is -0.465 e. The lowest BCUT2D eigenvalue weighted by Gasteiger charge is -2.02. The molecule has 0 bridgehead atoms. The third-order valence-corrected chi connectivity index (χ3v) is 3.01. The van der Waals surface area contributed by atoms with Gasteiger partial charge in [0.25, 0.3) is 0 Å². The second-order valence-electron chi connectivity index (χ2n) is 4.71. The Morgan fingerprint density at radius 2 is 1.45 bits per heavy atom. The van der Waals surface area contributed by atoms with Crippen LogP contribution in [0.15, 0.2) is 91.2 Å². The van der Waals surface area contributed by atoms with Crippen LogP contribution in [0.2, 0.25) is 0 Å². The van der Waals surface area contributed by atoms with Crippen molar-refractivity contribution in [2.75, 3.05) is 13.6 Å². The van der Waals surface area contributed by atoms with E-state index in [9.17, 15) is 0 Å². The zero-order valence-corrected chi connectivity index (χ0v) is 12.8. The quantitative estimate of drug-likeness (QED) is 0.707. The van der Waals surface area contributed by atoms with Crippen LogP contribution in [0.1, 0.15) is 0 Å². The molecule has 0 saturated heterocycles. The van der Waals surface area contributed by atoms with Crippen molar-refractivity contribution in [2.45, 2.75) is 0 Å². The van der Waals surface area contributed by atoms with E-state index in [1.807, 2.05) is 73.8 Å². The summed E-state index contributed by atoms with van der Waals surface area (Å²) < 4.78 is 5.50.